The summed E-state index contributed by atoms with van der Waals surface area (Å²) in [6.45, 7) is 2.82. The fraction of sp³-hybridized carbons (Fsp3) is 0.440. The molecule has 0 aliphatic carbocycles. The van der Waals surface area contributed by atoms with Crippen LogP contribution in [0.15, 0.2) is 60.7 Å². The van der Waals surface area contributed by atoms with Gasteiger partial charge in [-0.15, -0.1) is 0 Å². The van der Waals surface area contributed by atoms with Gasteiger partial charge in [0, 0.05) is 37.4 Å². The number of nitrogens with one attached hydrogen (secondary N) is 1. The largest absolute Gasteiger partial charge is 0.394 e. The van der Waals surface area contributed by atoms with E-state index in [1.165, 1.54) is 5.69 Å². The molecule has 0 saturated carbocycles. The number of piperazine rings is 1. The van der Waals surface area contributed by atoms with Crippen LogP contribution < -0.4 is 10.2 Å². The maximum absolute atomic E-state index is 12.8. The molecule has 0 aromatic heterocycles. The summed E-state index contributed by atoms with van der Waals surface area (Å²) >= 11 is 0. The van der Waals surface area contributed by atoms with Crippen LogP contribution in [0.2, 0.25) is 0 Å². The van der Waals surface area contributed by atoms with Crippen molar-refractivity contribution in [1.82, 2.24) is 10.2 Å². The van der Waals surface area contributed by atoms with E-state index in [2.05, 4.69) is 22.3 Å². The Bertz CT molecular complexity index is 885. The molecule has 2 N–H and O–H groups in total. The summed E-state index contributed by atoms with van der Waals surface area (Å²) in [4.78, 5) is 29.5. The van der Waals surface area contributed by atoms with Gasteiger partial charge in [0.15, 0.2) is 0 Å². The summed E-state index contributed by atoms with van der Waals surface area (Å²) in [6.07, 6.45) is 0.900. The van der Waals surface area contributed by atoms with Crippen molar-refractivity contribution in [2.75, 3.05) is 37.7 Å². The molecule has 170 valence electrons. The Balaban J connectivity index is 1.25. The molecular formula is C25H31N3O4. The highest BCUT2D eigenvalue weighted by Crippen LogP contribution is 2.24. The van der Waals surface area contributed by atoms with E-state index in [1.54, 1.807) is 12.1 Å². The molecule has 2 heterocycles. The Morgan fingerprint density at radius 3 is 2.25 bits per heavy atom. The van der Waals surface area contributed by atoms with Crippen LogP contribution in [0.5, 0.6) is 0 Å². The van der Waals surface area contributed by atoms with Crippen LogP contribution in [0, 0.1) is 0 Å². The summed E-state index contributed by atoms with van der Waals surface area (Å²) in [5, 5.41) is 12.8. The van der Waals surface area contributed by atoms with Crippen molar-refractivity contribution in [2.24, 2.45) is 0 Å². The molecule has 3 atom stereocenters. The number of hydrogen-bond acceptors (Lipinski definition) is 5. The number of aliphatic hydroxyl groups excluding tert-OH is 1. The lowest BCUT2D eigenvalue weighted by molar-refractivity contribution is -0.140. The van der Waals surface area contributed by atoms with Crippen LogP contribution in [0.3, 0.4) is 0 Å². The summed E-state index contributed by atoms with van der Waals surface area (Å²) in [5.41, 5.74) is 1.76. The van der Waals surface area contributed by atoms with Crippen molar-refractivity contribution >= 4 is 17.5 Å². The number of aliphatic hydroxyl groups is 1. The molecule has 2 fully saturated rings. The van der Waals surface area contributed by atoms with Gasteiger partial charge in [0.05, 0.1) is 25.2 Å². The Hall–Kier alpha value is -2.90. The number of nitrogens with zero attached hydrogens (tertiary/aromatic N) is 2. The third kappa shape index (κ3) is 5.47. The van der Waals surface area contributed by atoms with E-state index in [0.29, 0.717) is 37.9 Å². The van der Waals surface area contributed by atoms with Gasteiger partial charge in [0.25, 0.3) is 5.91 Å². The van der Waals surface area contributed by atoms with E-state index in [-0.39, 0.29) is 30.6 Å². The zero-order valence-electron chi connectivity index (χ0n) is 18.2. The fourth-order valence-corrected chi connectivity index (χ4v) is 4.46. The van der Waals surface area contributed by atoms with E-state index < -0.39 is 6.10 Å². The van der Waals surface area contributed by atoms with Crippen molar-refractivity contribution in [3.8, 4) is 0 Å². The molecule has 2 aromatic carbocycles. The van der Waals surface area contributed by atoms with E-state index >= 15 is 0 Å². The van der Waals surface area contributed by atoms with Crippen molar-refractivity contribution in [3.63, 3.8) is 0 Å². The molecule has 2 amide bonds. The zero-order valence-corrected chi connectivity index (χ0v) is 18.2. The van der Waals surface area contributed by atoms with Gasteiger partial charge >= 0.3 is 0 Å². The normalized spacial score (nSPS) is 23.6. The van der Waals surface area contributed by atoms with E-state index in [1.807, 2.05) is 41.3 Å². The van der Waals surface area contributed by atoms with Gasteiger partial charge in [-0.3, -0.25) is 9.59 Å². The first-order valence-corrected chi connectivity index (χ1v) is 11.3. The Labute approximate surface area is 189 Å². The number of anilines is 1. The number of ether oxygens (including phenoxy) is 1. The Kier molecular flexibility index (Phi) is 7.39. The number of amides is 2. The van der Waals surface area contributed by atoms with Crippen LogP contribution in [0.1, 0.15) is 29.6 Å². The highest BCUT2D eigenvalue weighted by atomic mass is 16.5. The van der Waals surface area contributed by atoms with Crippen LogP contribution in [-0.2, 0) is 9.53 Å². The van der Waals surface area contributed by atoms with Crippen molar-refractivity contribution in [2.45, 2.75) is 37.5 Å². The minimum absolute atomic E-state index is 0.0890. The predicted octanol–water partition coefficient (Wildman–Crippen LogP) is 2.06. The fourth-order valence-electron chi connectivity index (χ4n) is 4.46. The quantitative estimate of drug-likeness (QED) is 0.723. The summed E-state index contributed by atoms with van der Waals surface area (Å²) in [7, 11) is 0. The van der Waals surface area contributed by atoms with E-state index in [4.69, 9.17) is 4.74 Å². The molecule has 2 aromatic rings. The molecule has 2 saturated heterocycles. The number of para-hydroxylation sites is 1. The molecule has 2 aliphatic heterocycles. The van der Waals surface area contributed by atoms with Crippen molar-refractivity contribution < 1.29 is 19.4 Å². The zero-order chi connectivity index (χ0) is 22.3. The molecule has 0 unspecified atom stereocenters. The second-order valence-electron chi connectivity index (χ2n) is 8.41. The number of carbonyl (C=O) groups is 2. The molecule has 0 spiro atoms. The summed E-state index contributed by atoms with van der Waals surface area (Å²) < 4.78 is 6.01. The molecule has 0 radical (unpaired) electrons. The van der Waals surface area contributed by atoms with Crippen LogP contribution >= 0.6 is 0 Å². The highest BCUT2D eigenvalue weighted by molar-refractivity contribution is 5.94. The predicted molar refractivity (Wildman–Crippen MR) is 123 cm³/mol. The average Bonchev–Trinajstić information content (AvgIpc) is 2.86. The second-order valence-corrected chi connectivity index (χ2v) is 8.41. The van der Waals surface area contributed by atoms with Gasteiger partial charge in [0.2, 0.25) is 5.91 Å². The lowest BCUT2D eigenvalue weighted by Gasteiger charge is -2.39. The molecule has 4 rings (SSSR count). The second kappa shape index (κ2) is 10.6. The van der Waals surface area contributed by atoms with Gasteiger partial charge in [0.1, 0.15) is 6.10 Å². The molecular weight excluding hydrogens is 406 g/mol. The third-order valence-electron chi connectivity index (χ3n) is 6.30. The van der Waals surface area contributed by atoms with E-state index in [0.717, 1.165) is 13.1 Å². The number of carbonyl (C=O) groups excluding carboxylic acids is 2. The minimum Gasteiger partial charge on any atom is -0.394 e. The number of rotatable bonds is 6. The van der Waals surface area contributed by atoms with Gasteiger partial charge in [-0.1, -0.05) is 36.4 Å². The van der Waals surface area contributed by atoms with Gasteiger partial charge in [-0.05, 0) is 37.1 Å². The van der Waals surface area contributed by atoms with Gasteiger partial charge in [-0.25, -0.2) is 0 Å². The monoisotopic (exact) mass is 437 g/mol. The van der Waals surface area contributed by atoms with Crippen molar-refractivity contribution in [3.05, 3.63) is 66.2 Å². The highest BCUT2D eigenvalue weighted by Gasteiger charge is 2.34. The van der Waals surface area contributed by atoms with Crippen LogP contribution in [0.25, 0.3) is 0 Å². The maximum atomic E-state index is 12.8. The molecule has 0 bridgehead atoms. The first kappa shape index (κ1) is 22.3. The minimum atomic E-state index is -0.510. The van der Waals surface area contributed by atoms with Gasteiger partial charge in [-0.2, -0.15) is 0 Å². The van der Waals surface area contributed by atoms with Gasteiger partial charge < -0.3 is 25.0 Å². The Morgan fingerprint density at radius 1 is 0.938 bits per heavy atom. The summed E-state index contributed by atoms with van der Waals surface area (Å²) in [6, 6.07) is 19.0. The molecule has 7 nitrogen and oxygen atoms in total. The maximum Gasteiger partial charge on any atom is 0.251 e. The number of benzene rings is 2. The van der Waals surface area contributed by atoms with Crippen LogP contribution in [0.4, 0.5) is 5.69 Å². The average molecular weight is 438 g/mol. The molecule has 7 heteroatoms. The lowest BCUT2D eigenvalue weighted by atomic mass is 9.96. The first-order chi connectivity index (χ1) is 15.6. The molecule has 2 aliphatic rings. The lowest BCUT2D eigenvalue weighted by Crippen LogP contribution is -2.52. The number of hydrogen-bond donors (Lipinski definition) is 2. The summed E-state index contributed by atoms with van der Waals surface area (Å²) in [5.74, 6) is -0.0883. The smallest absolute Gasteiger partial charge is 0.251 e. The topological polar surface area (TPSA) is 82.1 Å². The first-order valence-electron chi connectivity index (χ1n) is 11.3. The van der Waals surface area contributed by atoms with Crippen LogP contribution in [-0.4, -0.2) is 72.9 Å². The molecule has 32 heavy (non-hydrogen) atoms. The standard InChI is InChI=1S/C25H31N3O4/c29-18-23-22(26-25(31)19-7-3-1-4-8-19)12-11-21(32-23)17-24(30)28-15-13-27(14-16-28)20-9-5-2-6-10-20/h1-10,21-23,29H,11-18H2,(H,26,31)/t21-,22-,23-/m0/s1. The Morgan fingerprint density at radius 2 is 1.59 bits per heavy atom. The van der Waals surface area contributed by atoms with E-state index in [9.17, 15) is 14.7 Å². The third-order valence-corrected chi connectivity index (χ3v) is 6.30. The van der Waals surface area contributed by atoms with Crippen molar-refractivity contribution in [1.29, 1.82) is 0 Å². The SMILES string of the molecule is O=C(N[C@H]1CC[C@@H](CC(=O)N2CCN(c3ccccc3)CC2)O[C@H]1CO)c1ccccc1.